The van der Waals surface area contributed by atoms with Gasteiger partial charge in [-0.2, -0.15) is 0 Å². The fraction of sp³-hybridized carbons (Fsp3) is 0.355. The maximum Gasteiger partial charge on any atom is 0.107 e. The molecule has 3 aliphatic carbocycles. The minimum Gasteiger partial charge on any atom is -0.118 e. The first-order chi connectivity index (χ1) is 14.7. The topological polar surface area (TPSA) is 0 Å². The average molecular weight is 405 g/mol. The van der Waals surface area contributed by atoms with Gasteiger partial charge in [-0.25, -0.2) is 0 Å². The lowest BCUT2D eigenvalue weighted by atomic mass is 9.45. The maximum absolute atomic E-state index is 6.55. The van der Waals surface area contributed by atoms with Crippen LogP contribution in [0.3, 0.4) is 0 Å². The van der Waals surface area contributed by atoms with Gasteiger partial charge in [0.15, 0.2) is 0 Å². The Morgan fingerprint density at radius 2 is 0.871 bits per heavy atom. The standard InChI is InChI=1S/C31H32/c1-9-11-31-27-15-21(6)18(3)12-24(27)30(10-2,25-13-19(4)22(7)16-28(25)31)26-14-20(5)23(8)17-29(26)31/h2,12-17H,9,11H2,1,3-8H3. The van der Waals surface area contributed by atoms with Crippen LogP contribution in [0.15, 0.2) is 36.4 Å². The Morgan fingerprint density at radius 1 is 0.581 bits per heavy atom. The number of terminal acetylenes is 1. The number of hydrogen-bond donors (Lipinski definition) is 0. The van der Waals surface area contributed by atoms with Gasteiger partial charge >= 0.3 is 0 Å². The Kier molecular flexibility index (Phi) is 4.14. The molecule has 0 saturated carbocycles. The third-order valence-electron chi connectivity index (χ3n) is 8.33. The van der Waals surface area contributed by atoms with Gasteiger partial charge in [-0.3, -0.25) is 0 Å². The number of aryl methyl sites for hydroxylation is 6. The van der Waals surface area contributed by atoms with Gasteiger partial charge in [0.2, 0.25) is 0 Å². The van der Waals surface area contributed by atoms with Crippen LogP contribution in [0.5, 0.6) is 0 Å². The molecule has 0 radical (unpaired) electrons. The number of rotatable bonds is 2. The van der Waals surface area contributed by atoms with E-state index in [0.717, 1.165) is 12.8 Å². The van der Waals surface area contributed by atoms with Crippen LogP contribution in [0.4, 0.5) is 0 Å². The molecule has 0 N–H and O–H groups in total. The molecule has 2 bridgehead atoms. The van der Waals surface area contributed by atoms with E-state index in [1.807, 2.05) is 0 Å². The highest BCUT2D eigenvalue weighted by Gasteiger charge is 2.58. The molecule has 0 saturated heterocycles. The molecule has 0 unspecified atom stereocenters. The van der Waals surface area contributed by atoms with E-state index < -0.39 is 5.41 Å². The van der Waals surface area contributed by atoms with Crippen molar-refractivity contribution in [3.05, 3.63) is 103 Å². The summed E-state index contributed by atoms with van der Waals surface area (Å²) in [6.07, 6.45) is 8.76. The second-order valence-corrected chi connectivity index (χ2v) is 10.00. The summed E-state index contributed by atoms with van der Waals surface area (Å²) >= 11 is 0. The summed E-state index contributed by atoms with van der Waals surface area (Å²) in [4.78, 5) is 0. The molecule has 0 aromatic heterocycles. The van der Waals surface area contributed by atoms with Crippen LogP contribution in [0.2, 0.25) is 0 Å². The van der Waals surface area contributed by atoms with Crippen LogP contribution < -0.4 is 0 Å². The zero-order valence-corrected chi connectivity index (χ0v) is 20.0. The second kappa shape index (κ2) is 6.37. The molecule has 0 aliphatic heterocycles. The quantitative estimate of drug-likeness (QED) is 0.394. The highest BCUT2D eigenvalue weighted by Crippen LogP contribution is 2.64. The molecule has 156 valence electrons. The summed E-state index contributed by atoms with van der Waals surface area (Å²) in [5, 5.41) is 0. The van der Waals surface area contributed by atoms with Gasteiger partial charge < -0.3 is 0 Å². The molecule has 3 aliphatic rings. The van der Waals surface area contributed by atoms with E-state index in [1.54, 1.807) is 0 Å². The summed E-state index contributed by atoms with van der Waals surface area (Å²) in [5.41, 5.74) is 15.7. The molecule has 0 spiro atoms. The van der Waals surface area contributed by atoms with Crippen molar-refractivity contribution in [3.63, 3.8) is 0 Å². The Balaban J connectivity index is 2.09. The van der Waals surface area contributed by atoms with Crippen LogP contribution >= 0.6 is 0 Å². The van der Waals surface area contributed by atoms with Gasteiger partial charge in [-0.1, -0.05) is 55.7 Å². The minimum absolute atomic E-state index is 0.136. The Morgan fingerprint density at radius 3 is 1.13 bits per heavy atom. The third kappa shape index (κ3) is 2.22. The summed E-state index contributed by atoms with van der Waals surface area (Å²) in [7, 11) is 0. The molecule has 3 aromatic carbocycles. The van der Waals surface area contributed by atoms with Gasteiger partial charge in [0, 0.05) is 5.41 Å². The van der Waals surface area contributed by atoms with E-state index in [-0.39, 0.29) is 5.41 Å². The monoisotopic (exact) mass is 404 g/mol. The maximum atomic E-state index is 6.55. The zero-order chi connectivity index (χ0) is 22.3. The van der Waals surface area contributed by atoms with Crippen molar-refractivity contribution in [2.24, 2.45) is 0 Å². The smallest absolute Gasteiger partial charge is 0.107 e. The highest BCUT2D eigenvalue weighted by molar-refractivity contribution is 5.80. The molecule has 0 fully saturated rings. The van der Waals surface area contributed by atoms with E-state index in [9.17, 15) is 0 Å². The number of hydrogen-bond acceptors (Lipinski definition) is 0. The SMILES string of the molecule is C#CC12c3cc(C)c(C)cc3C(CCC)(c3cc(C)c(C)cc31)c1cc(C)c(C)cc12. The summed E-state index contributed by atoms with van der Waals surface area (Å²) in [5.74, 6) is 3.37. The van der Waals surface area contributed by atoms with E-state index in [1.165, 1.54) is 66.8 Å². The predicted molar refractivity (Wildman–Crippen MR) is 131 cm³/mol. The molecular weight excluding hydrogens is 372 g/mol. The molecule has 31 heavy (non-hydrogen) atoms. The third-order valence-corrected chi connectivity index (χ3v) is 8.33. The fourth-order valence-electron chi connectivity index (χ4n) is 6.32. The lowest BCUT2D eigenvalue weighted by Gasteiger charge is -2.55. The molecule has 0 nitrogen and oxygen atoms in total. The molecule has 0 heteroatoms. The van der Waals surface area contributed by atoms with Crippen LogP contribution in [0, 0.1) is 53.9 Å². The average Bonchev–Trinajstić information content (AvgIpc) is 2.73. The van der Waals surface area contributed by atoms with Crippen LogP contribution in [-0.2, 0) is 10.8 Å². The van der Waals surface area contributed by atoms with Crippen molar-refractivity contribution in [1.82, 2.24) is 0 Å². The van der Waals surface area contributed by atoms with E-state index >= 15 is 0 Å². The molecular formula is C31H32. The molecule has 0 amide bonds. The Labute approximate surface area is 187 Å². The first-order valence-electron chi connectivity index (χ1n) is 11.6. The minimum atomic E-state index is -0.523. The van der Waals surface area contributed by atoms with Crippen molar-refractivity contribution in [1.29, 1.82) is 0 Å². The van der Waals surface area contributed by atoms with Gasteiger partial charge in [-0.05, 0) is 115 Å². The summed E-state index contributed by atoms with van der Waals surface area (Å²) in [6.45, 7) is 15.7. The largest absolute Gasteiger partial charge is 0.118 e. The molecule has 0 atom stereocenters. The van der Waals surface area contributed by atoms with Crippen molar-refractivity contribution in [3.8, 4) is 12.3 Å². The first kappa shape index (κ1) is 20.1. The van der Waals surface area contributed by atoms with Crippen LogP contribution in [0.25, 0.3) is 0 Å². The van der Waals surface area contributed by atoms with Gasteiger partial charge in [0.1, 0.15) is 5.41 Å². The van der Waals surface area contributed by atoms with E-state index in [2.05, 4.69) is 90.8 Å². The van der Waals surface area contributed by atoms with Gasteiger partial charge in [0.25, 0.3) is 0 Å². The first-order valence-corrected chi connectivity index (χ1v) is 11.6. The van der Waals surface area contributed by atoms with Gasteiger partial charge in [0.05, 0.1) is 0 Å². The van der Waals surface area contributed by atoms with Crippen molar-refractivity contribution < 1.29 is 0 Å². The Hall–Kier alpha value is -2.78. The second-order valence-electron chi connectivity index (χ2n) is 10.00. The number of benzene rings is 3. The molecule has 0 heterocycles. The Bertz CT molecular complexity index is 1160. The van der Waals surface area contributed by atoms with E-state index in [0.29, 0.717) is 0 Å². The van der Waals surface area contributed by atoms with Gasteiger partial charge in [-0.15, -0.1) is 6.42 Å². The summed E-state index contributed by atoms with van der Waals surface area (Å²) in [6, 6.07) is 14.5. The normalized spacial score (nSPS) is 22.5. The lowest BCUT2D eigenvalue weighted by Crippen LogP contribution is -2.50. The molecule has 6 rings (SSSR count). The predicted octanol–water partition coefficient (Wildman–Crippen LogP) is 7.27. The lowest BCUT2D eigenvalue weighted by molar-refractivity contribution is 0.472. The van der Waals surface area contributed by atoms with Crippen LogP contribution in [0.1, 0.15) is 86.5 Å². The van der Waals surface area contributed by atoms with Crippen molar-refractivity contribution in [2.75, 3.05) is 0 Å². The van der Waals surface area contributed by atoms with Crippen LogP contribution in [-0.4, -0.2) is 0 Å². The molecule has 3 aromatic rings. The van der Waals surface area contributed by atoms with Crippen molar-refractivity contribution >= 4 is 0 Å². The fourth-order valence-corrected chi connectivity index (χ4v) is 6.32. The van der Waals surface area contributed by atoms with E-state index in [4.69, 9.17) is 6.42 Å². The zero-order valence-electron chi connectivity index (χ0n) is 20.0. The summed E-state index contributed by atoms with van der Waals surface area (Å²) < 4.78 is 0. The van der Waals surface area contributed by atoms with Crippen molar-refractivity contribution in [2.45, 2.75) is 72.1 Å². The highest BCUT2D eigenvalue weighted by atomic mass is 14.6.